The van der Waals surface area contributed by atoms with Crippen molar-refractivity contribution in [3.8, 4) is 0 Å². The zero-order chi connectivity index (χ0) is 21.0. The summed E-state index contributed by atoms with van der Waals surface area (Å²) >= 11 is 0. The number of non-ortho nitro benzene ring substituents is 1. The Hall–Kier alpha value is -4.28. The van der Waals surface area contributed by atoms with Crippen LogP contribution in [0.25, 0.3) is 0 Å². The number of para-hydroxylation sites is 1. The molecule has 11 nitrogen and oxygen atoms in total. The smallest absolute Gasteiger partial charge is 0.340 e. The summed E-state index contributed by atoms with van der Waals surface area (Å²) < 4.78 is 5.14. The number of hydrogen-bond donors (Lipinski definition) is 3. The van der Waals surface area contributed by atoms with E-state index < -0.39 is 10.9 Å². The number of anilines is 4. The second kappa shape index (κ2) is 8.17. The number of carbonyl (C=O) groups is 1. The molecule has 0 unspecified atom stereocenters. The molecule has 148 valence electrons. The molecular formula is C18H17N7O4. The van der Waals surface area contributed by atoms with Gasteiger partial charge in [-0.25, -0.2) is 4.79 Å². The number of hydrogen-bond acceptors (Lipinski definition) is 10. The standard InChI is InChI=1S/C18H17N7O4/c1-10-4-2-3-5-14(10)21-18-23-15(22-17(20)24-18)9-29-16(26)12-8-11(25(27)28)6-7-13(12)19/h2-8H,9,19H2,1H3,(H3,20,21,22,23,24). The number of nitrogens with zero attached hydrogens (tertiary/aromatic N) is 4. The third-order valence-corrected chi connectivity index (χ3v) is 3.89. The van der Waals surface area contributed by atoms with Gasteiger partial charge in [-0.3, -0.25) is 10.1 Å². The summed E-state index contributed by atoms with van der Waals surface area (Å²) in [6.45, 7) is 1.59. The van der Waals surface area contributed by atoms with Crippen molar-refractivity contribution in [2.75, 3.05) is 16.8 Å². The van der Waals surface area contributed by atoms with Gasteiger partial charge in [-0.05, 0) is 24.6 Å². The molecule has 29 heavy (non-hydrogen) atoms. The molecule has 0 atom stereocenters. The number of carbonyl (C=O) groups excluding carboxylic acids is 1. The topological polar surface area (TPSA) is 172 Å². The first-order valence-corrected chi connectivity index (χ1v) is 8.37. The largest absolute Gasteiger partial charge is 0.454 e. The second-order valence-corrected chi connectivity index (χ2v) is 5.98. The number of esters is 1. The fraction of sp³-hybridized carbons (Fsp3) is 0.111. The van der Waals surface area contributed by atoms with Crippen molar-refractivity contribution in [2.24, 2.45) is 0 Å². The molecule has 0 spiro atoms. The summed E-state index contributed by atoms with van der Waals surface area (Å²) in [7, 11) is 0. The molecule has 5 N–H and O–H groups in total. The van der Waals surface area contributed by atoms with Gasteiger partial charge in [0.15, 0.2) is 12.4 Å². The first kappa shape index (κ1) is 19.5. The fourth-order valence-corrected chi connectivity index (χ4v) is 2.43. The van der Waals surface area contributed by atoms with Crippen LogP contribution < -0.4 is 16.8 Å². The normalized spacial score (nSPS) is 10.4. The van der Waals surface area contributed by atoms with Crippen LogP contribution in [0.5, 0.6) is 0 Å². The second-order valence-electron chi connectivity index (χ2n) is 5.98. The van der Waals surface area contributed by atoms with Gasteiger partial charge in [0, 0.05) is 23.5 Å². The number of ether oxygens (including phenoxy) is 1. The van der Waals surface area contributed by atoms with Crippen LogP contribution in [0.3, 0.4) is 0 Å². The zero-order valence-corrected chi connectivity index (χ0v) is 15.3. The van der Waals surface area contributed by atoms with Gasteiger partial charge in [0.05, 0.1) is 10.5 Å². The van der Waals surface area contributed by atoms with Crippen LogP contribution in [0.4, 0.5) is 29.0 Å². The third kappa shape index (κ3) is 4.71. The number of nitro benzene ring substituents is 1. The molecule has 0 fully saturated rings. The summed E-state index contributed by atoms with van der Waals surface area (Å²) in [6.07, 6.45) is 0. The number of nitrogen functional groups attached to an aromatic ring is 2. The molecule has 0 aliphatic carbocycles. The van der Waals surface area contributed by atoms with Crippen molar-refractivity contribution in [1.82, 2.24) is 15.0 Å². The fourth-order valence-electron chi connectivity index (χ4n) is 2.43. The molecule has 1 aromatic heterocycles. The minimum Gasteiger partial charge on any atom is -0.454 e. The monoisotopic (exact) mass is 395 g/mol. The molecule has 1 heterocycles. The van der Waals surface area contributed by atoms with E-state index in [-0.39, 0.29) is 41.3 Å². The molecular weight excluding hydrogens is 378 g/mol. The summed E-state index contributed by atoms with van der Waals surface area (Å²) in [6, 6.07) is 11.0. The van der Waals surface area contributed by atoms with Gasteiger partial charge < -0.3 is 21.5 Å². The van der Waals surface area contributed by atoms with Crippen molar-refractivity contribution >= 4 is 34.9 Å². The Kier molecular flexibility index (Phi) is 5.49. The number of nitro groups is 1. The Bertz CT molecular complexity index is 1090. The van der Waals surface area contributed by atoms with Gasteiger partial charge in [0.1, 0.15) is 0 Å². The summed E-state index contributed by atoms with van der Waals surface area (Å²) in [5.74, 6) is -0.616. The number of rotatable bonds is 6. The number of nitrogens with one attached hydrogen (secondary N) is 1. The van der Waals surface area contributed by atoms with Gasteiger partial charge >= 0.3 is 5.97 Å². The van der Waals surface area contributed by atoms with Gasteiger partial charge in [0.2, 0.25) is 11.9 Å². The third-order valence-electron chi connectivity index (χ3n) is 3.89. The van der Waals surface area contributed by atoms with E-state index in [1.54, 1.807) is 0 Å². The minimum atomic E-state index is -0.849. The highest BCUT2D eigenvalue weighted by atomic mass is 16.6. The maximum atomic E-state index is 12.3. The molecule has 3 rings (SSSR count). The lowest BCUT2D eigenvalue weighted by atomic mass is 10.1. The van der Waals surface area contributed by atoms with Crippen molar-refractivity contribution in [3.63, 3.8) is 0 Å². The summed E-state index contributed by atoms with van der Waals surface area (Å²) in [5, 5.41) is 13.9. The Morgan fingerprint density at radius 2 is 1.93 bits per heavy atom. The highest BCUT2D eigenvalue weighted by molar-refractivity contribution is 5.95. The summed E-state index contributed by atoms with van der Waals surface area (Å²) in [5.41, 5.74) is 12.8. The van der Waals surface area contributed by atoms with E-state index in [9.17, 15) is 14.9 Å². The highest BCUT2D eigenvalue weighted by Crippen LogP contribution is 2.21. The van der Waals surface area contributed by atoms with Crippen molar-refractivity contribution < 1.29 is 14.5 Å². The van der Waals surface area contributed by atoms with E-state index >= 15 is 0 Å². The lowest BCUT2D eigenvalue weighted by Crippen LogP contribution is -2.12. The molecule has 3 aromatic rings. The minimum absolute atomic E-state index is 0.0534. The van der Waals surface area contributed by atoms with E-state index in [0.29, 0.717) is 0 Å². The molecule has 0 radical (unpaired) electrons. The van der Waals surface area contributed by atoms with Gasteiger partial charge in [-0.15, -0.1) is 0 Å². The first-order chi connectivity index (χ1) is 13.8. The van der Waals surface area contributed by atoms with Crippen LogP contribution in [-0.2, 0) is 11.3 Å². The highest BCUT2D eigenvalue weighted by Gasteiger charge is 2.17. The molecule has 2 aromatic carbocycles. The van der Waals surface area contributed by atoms with Gasteiger partial charge in [-0.1, -0.05) is 18.2 Å². The molecule has 0 aliphatic heterocycles. The number of nitrogens with two attached hydrogens (primary N) is 2. The number of aromatic nitrogens is 3. The van der Waals surface area contributed by atoms with Gasteiger partial charge in [0.25, 0.3) is 5.69 Å². The first-order valence-electron chi connectivity index (χ1n) is 8.37. The number of benzene rings is 2. The van der Waals surface area contributed by atoms with E-state index in [2.05, 4.69) is 20.3 Å². The average molecular weight is 395 g/mol. The molecule has 0 aliphatic rings. The Labute approximate surface area is 164 Å². The summed E-state index contributed by atoms with van der Waals surface area (Å²) in [4.78, 5) is 34.6. The van der Waals surface area contributed by atoms with Crippen LogP contribution in [0, 0.1) is 17.0 Å². The molecule has 11 heteroatoms. The molecule has 0 saturated heterocycles. The molecule has 0 amide bonds. The van der Waals surface area contributed by atoms with Crippen molar-refractivity contribution in [1.29, 1.82) is 0 Å². The maximum Gasteiger partial charge on any atom is 0.340 e. The Morgan fingerprint density at radius 3 is 2.66 bits per heavy atom. The Balaban J connectivity index is 1.75. The van der Waals surface area contributed by atoms with E-state index in [1.807, 2.05) is 31.2 Å². The van der Waals surface area contributed by atoms with Crippen molar-refractivity contribution in [2.45, 2.75) is 13.5 Å². The van der Waals surface area contributed by atoms with E-state index in [1.165, 1.54) is 12.1 Å². The molecule has 0 bridgehead atoms. The zero-order valence-electron chi connectivity index (χ0n) is 15.3. The van der Waals surface area contributed by atoms with Crippen LogP contribution >= 0.6 is 0 Å². The average Bonchev–Trinajstić information content (AvgIpc) is 2.67. The van der Waals surface area contributed by atoms with Crippen LogP contribution in [0.1, 0.15) is 21.7 Å². The van der Waals surface area contributed by atoms with E-state index in [0.717, 1.165) is 17.3 Å². The van der Waals surface area contributed by atoms with E-state index in [4.69, 9.17) is 16.2 Å². The SMILES string of the molecule is Cc1ccccc1Nc1nc(N)nc(COC(=O)c2cc([N+](=O)[O-])ccc2N)n1. The lowest BCUT2D eigenvalue weighted by Gasteiger charge is -2.10. The van der Waals surface area contributed by atoms with Crippen LogP contribution in [0.2, 0.25) is 0 Å². The van der Waals surface area contributed by atoms with Crippen LogP contribution in [-0.4, -0.2) is 25.8 Å². The predicted octanol–water partition coefficient (Wildman–Crippen LogP) is 2.35. The van der Waals surface area contributed by atoms with Gasteiger partial charge in [-0.2, -0.15) is 15.0 Å². The van der Waals surface area contributed by atoms with Crippen LogP contribution in [0.15, 0.2) is 42.5 Å². The van der Waals surface area contributed by atoms with Crippen molar-refractivity contribution in [3.05, 3.63) is 69.5 Å². The quantitative estimate of drug-likeness (QED) is 0.243. The molecule has 0 saturated carbocycles. The maximum absolute atomic E-state index is 12.3. The Morgan fingerprint density at radius 1 is 1.17 bits per heavy atom. The lowest BCUT2D eigenvalue weighted by molar-refractivity contribution is -0.384. The number of aryl methyl sites for hydroxylation is 1. The predicted molar refractivity (Wildman–Crippen MR) is 105 cm³/mol.